The number of aromatic nitrogens is 2. The molecule has 4 aromatic rings. The van der Waals surface area contributed by atoms with Gasteiger partial charge in [0.15, 0.2) is 5.82 Å². The van der Waals surface area contributed by atoms with Gasteiger partial charge in [-0.3, -0.25) is 4.79 Å². The minimum absolute atomic E-state index is 0.0546. The zero-order chi connectivity index (χ0) is 27.9. The van der Waals surface area contributed by atoms with E-state index in [1.807, 2.05) is 0 Å². The SMILES string of the molecule is CC(c1ccc(CC(=O)Nc2cc(Cl)c(C3(c4noc(-c5ccc(F)c(Cl)c5)n4)CC3)c(Cl)c2)cc1)[SH](=O)=O. The van der Waals surface area contributed by atoms with Crippen molar-refractivity contribution in [3.8, 4) is 11.5 Å². The summed E-state index contributed by atoms with van der Waals surface area (Å²) in [4.78, 5) is 17.2. The Hall–Kier alpha value is -2.98. The molecule has 0 spiro atoms. The number of halogens is 4. The van der Waals surface area contributed by atoms with E-state index >= 15 is 0 Å². The number of rotatable bonds is 8. The molecule has 1 aromatic heterocycles. The van der Waals surface area contributed by atoms with Crippen molar-refractivity contribution in [2.75, 3.05) is 5.32 Å². The van der Waals surface area contributed by atoms with Crippen LogP contribution in [-0.2, 0) is 27.3 Å². The van der Waals surface area contributed by atoms with E-state index in [1.165, 1.54) is 18.2 Å². The van der Waals surface area contributed by atoms with E-state index in [-0.39, 0.29) is 23.2 Å². The van der Waals surface area contributed by atoms with Crippen molar-refractivity contribution in [3.63, 3.8) is 0 Å². The van der Waals surface area contributed by atoms with Crippen molar-refractivity contribution in [1.29, 1.82) is 0 Å². The molecule has 202 valence electrons. The Morgan fingerprint density at radius 1 is 1.05 bits per heavy atom. The molecule has 39 heavy (non-hydrogen) atoms. The lowest BCUT2D eigenvalue weighted by Gasteiger charge is -2.17. The fourth-order valence-corrected chi connectivity index (χ4v) is 5.85. The summed E-state index contributed by atoms with van der Waals surface area (Å²) in [6.45, 7) is 1.61. The molecule has 1 saturated carbocycles. The summed E-state index contributed by atoms with van der Waals surface area (Å²) in [5, 5.41) is 6.98. The van der Waals surface area contributed by atoms with Gasteiger partial charge >= 0.3 is 0 Å². The number of hydrogen-bond acceptors (Lipinski definition) is 6. The van der Waals surface area contributed by atoms with E-state index < -0.39 is 27.2 Å². The number of nitrogens with zero attached hydrogens (tertiary/aromatic N) is 2. The number of carbonyl (C=O) groups excluding carboxylic acids is 1. The Bertz CT molecular complexity index is 1620. The lowest BCUT2D eigenvalue weighted by atomic mass is 9.94. The second kappa shape index (κ2) is 10.9. The predicted octanol–water partition coefficient (Wildman–Crippen LogP) is 6.77. The number of anilines is 1. The van der Waals surface area contributed by atoms with Crippen LogP contribution in [0.1, 0.15) is 47.5 Å². The summed E-state index contributed by atoms with van der Waals surface area (Å²) in [6.07, 6.45) is 1.46. The van der Waals surface area contributed by atoms with Crippen LogP contribution in [0.4, 0.5) is 10.1 Å². The molecule has 1 N–H and O–H groups in total. The van der Waals surface area contributed by atoms with Crippen LogP contribution in [0.3, 0.4) is 0 Å². The molecule has 0 bridgehead atoms. The highest BCUT2D eigenvalue weighted by molar-refractivity contribution is 7.72. The maximum Gasteiger partial charge on any atom is 0.258 e. The second-order valence-electron chi connectivity index (χ2n) is 9.38. The molecule has 1 heterocycles. The third kappa shape index (κ3) is 5.68. The van der Waals surface area contributed by atoms with Crippen molar-refractivity contribution < 1.29 is 22.1 Å². The molecule has 1 fully saturated rings. The molecule has 3 aromatic carbocycles. The maximum absolute atomic E-state index is 13.5. The average Bonchev–Trinajstić information content (AvgIpc) is 3.51. The molecule has 0 radical (unpaired) electrons. The third-order valence-electron chi connectivity index (χ3n) is 6.72. The highest BCUT2D eigenvalue weighted by Gasteiger charge is 2.52. The van der Waals surface area contributed by atoms with Gasteiger partial charge in [0.05, 0.1) is 22.1 Å². The Kier molecular flexibility index (Phi) is 7.70. The molecular formula is C27H21Cl3FN3O4S. The van der Waals surface area contributed by atoms with Crippen molar-refractivity contribution >= 4 is 57.1 Å². The minimum Gasteiger partial charge on any atom is -0.334 e. The summed E-state index contributed by atoms with van der Waals surface area (Å²) >= 11 is 19.2. The fraction of sp³-hybridized carbons (Fsp3) is 0.222. The fourth-order valence-electron chi connectivity index (χ4n) is 4.40. The van der Waals surface area contributed by atoms with Gasteiger partial charge in [-0.25, -0.2) is 12.8 Å². The first-order chi connectivity index (χ1) is 18.6. The van der Waals surface area contributed by atoms with Crippen LogP contribution in [0.5, 0.6) is 0 Å². The van der Waals surface area contributed by atoms with E-state index in [9.17, 15) is 17.6 Å². The van der Waals surface area contributed by atoms with Gasteiger partial charge in [-0.05, 0) is 61.2 Å². The number of nitrogens with one attached hydrogen (secondary N) is 1. The van der Waals surface area contributed by atoms with Gasteiger partial charge in [0, 0.05) is 26.9 Å². The standard InChI is InChI=1S/C27H21Cl3FN3O4S/c1-14(39(36)37)16-4-2-15(3-5-16)10-23(35)32-18-12-20(29)24(21(30)13-18)27(8-9-27)26-33-25(38-34-26)17-6-7-22(31)19(28)11-17/h2-7,11-14,39H,8-10H2,1H3,(H,32,35). The quantitative estimate of drug-likeness (QED) is 0.214. The molecule has 12 heteroatoms. The minimum atomic E-state index is -2.57. The largest absolute Gasteiger partial charge is 0.334 e. The lowest BCUT2D eigenvalue weighted by Crippen LogP contribution is -2.16. The van der Waals surface area contributed by atoms with E-state index in [0.717, 1.165) is 5.56 Å². The van der Waals surface area contributed by atoms with Gasteiger partial charge in [0.25, 0.3) is 5.89 Å². The van der Waals surface area contributed by atoms with Gasteiger partial charge in [-0.1, -0.05) is 64.2 Å². The normalized spacial score (nSPS) is 14.8. The zero-order valence-electron chi connectivity index (χ0n) is 20.4. The van der Waals surface area contributed by atoms with Crippen LogP contribution in [0, 0.1) is 5.82 Å². The number of benzene rings is 3. The van der Waals surface area contributed by atoms with E-state index in [0.29, 0.717) is 51.1 Å². The van der Waals surface area contributed by atoms with Crippen LogP contribution in [-0.4, -0.2) is 24.5 Å². The van der Waals surface area contributed by atoms with E-state index in [4.69, 9.17) is 39.3 Å². The van der Waals surface area contributed by atoms with Gasteiger partial charge in [-0.2, -0.15) is 4.98 Å². The first-order valence-corrected chi connectivity index (χ1v) is 14.3. The summed E-state index contributed by atoms with van der Waals surface area (Å²) in [5.74, 6) is -0.240. The van der Waals surface area contributed by atoms with Gasteiger partial charge in [0.1, 0.15) is 16.5 Å². The number of carbonyl (C=O) groups is 1. The average molecular weight is 609 g/mol. The van der Waals surface area contributed by atoms with Crippen molar-refractivity contribution in [2.24, 2.45) is 0 Å². The first-order valence-electron chi connectivity index (χ1n) is 11.9. The Morgan fingerprint density at radius 2 is 1.72 bits per heavy atom. The van der Waals surface area contributed by atoms with Gasteiger partial charge in [0.2, 0.25) is 5.91 Å². The topological polar surface area (TPSA) is 102 Å². The number of thiol groups is 1. The van der Waals surface area contributed by atoms with Crippen LogP contribution in [0.15, 0.2) is 59.1 Å². The zero-order valence-corrected chi connectivity index (χ0v) is 23.5. The molecule has 7 nitrogen and oxygen atoms in total. The van der Waals surface area contributed by atoms with Gasteiger partial charge in [-0.15, -0.1) is 0 Å². The third-order valence-corrected chi connectivity index (χ3v) is 8.53. The van der Waals surface area contributed by atoms with E-state index in [2.05, 4.69) is 15.5 Å². The summed E-state index contributed by atoms with van der Waals surface area (Å²) in [7, 11) is -2.57. The Morgan fingerprint density at radius 3 is 2.31 bits per heavy atom. The molecule has 1 aliphatic carbocycles. The summed E-state index contributed by atoms with van der Waals surface area (Å²) in [5.41, 5.74) is 2.29. The Labute approximate surface area is 240 Å². The van der Waals surface area contributed by atoms with Crippen LogP contribution in [0.25, 0.3) is 11.5 Å². The molecule has 1 atom stereocenters. The summed E-state index contributed by atoms with van der Waals surface area (Å²) in [6, 6.07) is 14.2. The van der Waals surface area contributed by atoms with E-state index in [1.54, 1.807) is 43.3 Å². The highest BCUT2D eigenvalue weighted by atomic mass is 35.5. The molecule has 1 unspecified atom stereocenters. The van der Waals surface area contributed by atoms with Crippen molar-refractivity contribution in [2.45, 2.75) is 36.9 Å². The van der Waals surface area contributed by atoms with Crippen LogP contribution >= 0.6 is 34.8 Å². The Balaban J connectivity index is 1.32. The molecule has 1 amide bonds. The molecule has 0 saturated heterocycles. The van der Waals surface area contributed by atoms with Crippen molar-refractivity contribution in [3.05, 3.63) is 98.0 Å². The van der Waals surface area contributed by atoms with Crippen LogP contribution < -0.4 is 5.32 Å². The second-order valence-corrected chi connectivity index (χ2v) is 11.9. The van der Waals surface area contributed by atoms with Gasteiger partial charge < -0.3 is 9.84 Å². The highest BCUT2D eigenvalue weighted by Crippen LogP contribution is 2.57. The number of hydrogen-bond donors (Lipinski definition) is 2. The lowest BCUT2D eigenvalue weighted by molar-refractivity contribution is -0.115. The smallest absolute Gasteiger partial charge is 0.258 e. The molecule has 1 aliphatic rings. The van der Waals surface area contributed by atoms with Crippen molar-refractivity contribution in [1.82, 2.24) is 10.1 Å². The molecular weight excluding hydrogens is 588 g/mol. The molecule has 0 aliphatic heterocycles. The molecule has 5 rings (SSSR count). The monoisotopic (exact) mass is 607 g/mol. The maximum atomic E-state index is 13.5. The summed E-state index contributed by atoms with van der Waals surface area (Å²) < 4.78 is 41.4. The van der Waals surface area contributed by atoms with Crippen LogP contribution in [0.2, 0.25) is 15.1 Å². The first kappa shape index (κ1) is 27.6. The number of amides is 1. The predicted molar refractivity (Wildman–Crippen MR) is 149 cm³/mol.